The number of hydrogen-bond acceptors (Lipinski definition) is 3. The number of hydrogen-bond donors (Lipinski definition) is 2. The number of amides is 1. The maximum Gasteiger partial charge on any atom is 0.216 e. The van der Waals surface area contributed by atoms with E-state index in [-0.39, 0.29) is 5.91 Å². The second-order valence-electron chi connectivity index (χ2n) is 4.42. The van der Waals surface area contributed by atoms with Crippen LogP contribution in [-0.2, 0) is 4.79 Å². The predicted octanol–water partition coefficient (Wildman–Crippen LogP) is 2.38. The quantitative estimate of drug-likeness (QED) is 0.882. The summed E-state index contributed by atoms with van der Waals surface area (Å²) >= 11 is 6.08. The van der Waals surface area contributed by atoms with Crippen molar-refractivity contribution in [2.24, 2.45) is 0 Å². The predicted molar refractivity (Wildman–Crippen MR) is 72.5 cm³/mol. The zero-order valence-electron chi connectivity index (χ0n) is 10.5. The number of anilines is 1. The number of carbonyl (C=O) groups is 1. The molecule has 1 atom stereocenters. The van der Waals surface area contributed by atoms with Crippen LogP contribution in [-0.4, -0.2) is 26.1 Å². The SMILES string of the molecule is COc1cc2c(cc1Cl)NCC2CCNC(C)=O. The van der Waals surface area contributed by atoms with Gasteiger partial charge in [-0.1, -0.05) is 11.6 Å². The highest BCUT2D eigenvalue weighted by Gasteiger charge is 2.23. The van der Waals surface area contributed by atoms with Crippen LogP contribution in [0.15, 0.2) is 12.1 Å². The first kappa shape index (κ1) is 13.0. The van der Waals surface area contributed by atoms with E-state index in [0.29, 0.717) is 23.2 Å². The summed E-state index contributed by atoms with van der Waals surface area (Å²) in [6, 6.07) is 3.88. The second-order valence-corrected chi connectivity index (χ2v) is 4.83. The summed E-state index contributed by atoms with van der Waals surface area (Å²) in [7, 11) is 1.61. The van der Waals surface area contributed by atoms with E-state index in [1.54, 1.807) is 7.11 Å². The summed E-state index contributed by atoms with van der Waals surface area (Å²) < 4.78 is 5.23. The third-order valence-electron chi connectivity index (χ3n) is 3.17. The smallest absolute Gasteiger partial charge is 0.216 e. The number of benzene rings is 1. The van der Waals surface area contributed by atoms with Gasteiger partial charge in [0.1, 0.15) is 5.75 Å². The first-order valence-electron chi connectivity index (χ1n) is 5.97. The minimum Gasteiger partial charge on any atom is -0.495 e. The van der Waals surface area contributed by atoms with Gasteiger partial charge in [0.25, 0.3) is 0 Å². The minimum absolute atomic E-state index is 0.00914. The average Bonchev–Trinajstić information content (AvgIpc) is 2.70. The van der Waals surface area contributed by atoms with Gasteiger partial charge in [0.15, 0.2) is 0 Å². The van der Waals surface area contributed by atoms with Crippen LogP contribution in [0.3, 0.4) is 0 Å². The summed E-state index contributed by atoms with van der Waals surface area (Å²) in [6.45, 7) is 3.09. The van der Waals surface area contributed by atoms with Crippen LogP contribution in [0, 0.1) is 0 Å². The van der Waals surface area contributed by atoms with Crippen LogP contribution in [0.1, 0.15) is 24.8 Å². The fourth-order valence-corrected chi connectivity index (χ4v) is 2.48. The number of ether oxygens (including phenoxy) is 1. The Labute approximate surface area is 112 Å². The molecule has 0 aromatic heterocycles. The highest BCUT2D eigenvalue weighted by atomic mass is 35.5. The molecule has 2 N–H and O–H groups in total. The molecule has 0 spiro atoms. The van der Waals surface area contributed by atoms with Crippen LogP contribution in [0.5, 0.6) is 5.75 Å². The molecule has 1 heterocycles. The van der Waals surface area contributed by atoms with E-state index < -0.39 is 0 Å². The first-order valence-corrected chi connectivity index (χ1v) is 6.35. The Kier molecular flexibility index (Phi) is 3.97. The van der Waals surface area contributed by atoms with Crippen molar-refractivity contribution in [3.8, 4) is 5.75 Å². The van der Waals surface area contributed by atoms with Gasteiger partial charge < -0.3 is 15.4 Å². The Balaban J connectivity index is 2.09. The van der Waals surface area contributed by atoms with Crippen molar-refractivity contribution in [3.05, 3.63) is 22.7 Å². The third-order valence-corrected chi connectivity index (χ3v) is 3.46. The highest BCUT2D eigenvalue weighted by molar-refractivity contribution is 6.32. The molecule has 1 unspecified atom stereocenters. The van der Waals surface area contributed by atoms with Crippen LogP contribution in [0.4, 0.5) is 5.69 Å². The largest absolute Gasteiger partial charge is 0.495 e. The molecule has 1 aromatic carbocycles. The molecule has 1 aliphatic heterocycles. The fourth-order valence-electron chi connectivity index (χ4n) is 2.24. The standard InChI is InChI=1S/C13H17ClN2O2/c1-8(17)15-4-3-9-7-16-12-6-11(14)13(18-2)5-10(9)12/h5-6,9,16H,3-4,7H2,1-2H3,(H,15,17). The molecule has 1 aromatic rings. The normalized spacial score (nSPS) is 16.9. The van der Waals surface area contributed by atoms with E-state index in [0.717, 1.165) is 18.7 Å². The summed E-state index contributed by atoms with van der Waals surface area (Å²) in [5, 5.41) is 6.76. The van der Waals surface area contributed by atoms with Gasteiger partial charge in [-0.3, -0.25) is 4.79 Å². The van der Waals surface area contributed by atoms with Gasteiger partial charge in [0.05, 0.1) is 12.1 Å². The van der Waals surface area contributed by atoms with Crippen molar-refractivity contribution in [1.82, 2.24) is 5.32 Å². The van der Waals surface area contributed by atoms with Crippen molar-refractivity contribution in [2.45, 2.75) is 19.3 Å². The molecule has 0 aliphatic carbocycles. The van der Waals surface area contributed by atoms with Gasteiger partial charge >= 0.3 is 0 Å². The topological polar surface area (TPSA) is 50.4 Å². The lowest BCUT2D eigenvalue weighted by Crippen LogP contribution is -2.22. The average molecular weight is 269 g/mol. The first-order chi connectivity index (χ1) is 8.61. The third kappa shape index (κ3) is 2.70. The Hall–Kier alpha value is -1.42. The van der Waals surface area contributed by atoms with Crippen molar-refractivity contribution in [3.63, 3.8) is 0 Å². The summed E-state index contributed by atoms with van der Waals surface area (Å²) in [4.78, 5) is 10.8. The molecule has 4 nitrogen and oxygen atoms in total. The van der Waals surface area contributed by atoms with Crippen LogP contribution in [0.2, 0.25) is 5.02 Å². The van der Waals surface area contributed by atoms with Crippen molar-refractivity contribution >= 4 is 23.2 Å². The zero-order valence-corrected chi connectivity index (χ0v) is 11.3. The Morgan fingerprint density at radius 1 is 1.61 bits per heavy atom. The Morgan fingerprint density at radius 2 is 2.39 bits per heavy atom. The number of carbonyl (C=O) groups excluding carboxylic acids is 1. The summed E-state index contributed by atoms with van der Waals surface area (Å²) in [5.41, 5.74) is 2.27. The Morgan fingerprint density at radius 3 is 3.06 bits per heavy atom. The van der Waals surface area contributed by atoms with E-state index in [1.165, 1.54) is 12.5 Å². The van der Waals surface area contributed by atoms with Crippen molar-refractivity contribution < 1.29 is 9.53 Å². The summed E-state index contributed by atoms with van der Waals surface area (Å²) in [5.74, 6) is 1.09. The monoisotopic (exact) mass is 268 g/mol. The molecule has 0 bridgehead atoms. The van der Waals surface area contributed by atoms with Gasteiger partial charge in [-0.25, -0.2) is 0 Å². The van der Waals surface area contributed by atoms with E-state index in [4.69, 9.17) is 16.3 Å². The maximum absolute atomic E-state index is 10.8. The number of nitrogens with one attached hydrogen (secondary N) is 2. The molecular formula is C13H17ClN2O2. The molecule has 0 radical (unpaired) electrons. The van der Waals surface area contributed by atoms with Crippen LogP contribution < -0.4 is 15.4 Å². The molecular weight excluding hydrogens is 252 g/mol. The second kappa shape index (κ2) is 5.48. The minimum atomic E-state index is 0.00914. The van der Waals surface area contributed by atoms with E-state index in [2.05, 4.69) is 10.6 Å². The molecule has 1 amide bonds. The highest BCUT2D eigenvalue weighted by Crippen LogP contribution is 2.39. The van der Waals surface area contributed by atoms with Gasteiger partial charge in [-0.05, 0) is 24.1 Å². The van der Waals surface area contributed by atoms with Crippen molar-refractivity contribution in [1.29, 1.82) is 0 Å². The number of halogens is 1. The molecule has 0 saturated heterocycles. The van der Waals surface area contributed by atoms with Crippen molar-refractivity contribution in [2.75, 3.05) is 25.5 Å². The van der Waals surface area contributed by atoms with Gasteiger partial charge in [-0.15, -0.1) is 0 Å². The van der Waals surface area contributed by atoms with Crippen LogP contribution >= 0.6 is 11.6 Å². The number of methoxy groups -OCH3 is 1. The van der Waals surface area contributed by atoms with Gasteiger partial charge in [0.2, 0.25) is 5.91 Å². The molecule has 0 saturated carbocycles. The fraction of sp³-hybridized carbons (Fsp3) is 0.462. The molecule has 98 valence electrons. The van der Waals surface area contributed by atoms with Gasteiger partial charge in [0, 0.05) is 31.6 Å². The molecule has 2 rings (SSSR count). The molecule has 5 heteroatoms. The molecule has 18 heavy (non-hydrogen) atoms. The molecule has 1 aliphatic rings. The Bertz CT molecular complexity index is 463. The molecule has 0 fully saturated rings. The van der Waals surface area contributed by atoms with Gasteiger partial charge in [-0.2, -0.15) is 0 Å². The maximum atomic E-state index is 10.8. The number of fused-ring (bicyclic) bond motifs is 1. The van der Waals surface area contributed by atoms with E-state index in [9.17, 15) is 4.79 Å². The lowest BCUT2D eigenvalue weighted by atomic mass is 9.97. The number of rotatable bonds is 4. The zero-order chi connectivity index (χ0) is 13.1. The lowest BCUT2D eigenvalue weighted by Gasteiger charge is -2.12. The van der Waals surface area contributed by atoms with E-state index in [1.807, 2.05) is 12.1 Å². The lowest BCUT2D eigenvalue weighted by molar-refractivity contribution is -0.118. The van der Waals surface area contributed by atoms with E-state index >= 15 is 0 Å². The summed E-state index contributed by atoms with van der Waals surface area (Å²) in [6.07, 6.45) is 0.907. The van der Waals surface area contributed by atoms with Crippen LogP contribution in [0.25, 0.3) is 0 Å².